The van der Waals surface area contributed by atoms with E-state index in [1.165, 1.54) is 38.1 Å². The number of nitrogens with zero attached hydrogens (tertiary/aromatic N) is 1. The highest BCUT2D eigenvalue weighted by molar-refractivity contribution is 7.99. The zero-order valence-electron chi connectivity index (χ0n) is 9.63. The minimum atomic E-state index is -0.437. The van der Waals surface area contributed by atoms with E-state index >= 15 is 0 Å². The van der Waals surface area contributed by atoms with Crippen LogP contribution in [0.3, 0.4) is 0 Å². The maximum atomic E-state index is 10.9. The van der Waals surface area contributed by atoms with Crippen molar-refractivity contribution in [2.24, 2.45) is 0 Å². The summed E-state index contributed by atoms with van der Waals surface area (Å²) in [4.78, 5) is 10.9. The van der Waals surface area contributed by atoms with E-state index in [4.69, 9.17) is 9.47 Å². The van der Waals surface area contributed by atoms with E-state index in [-0.39, 0.29) is 5.69 Å². The molecule has 1 aromatic carbocycles. The number of nitro groups is 1. The molecule has 5 nitrogen and oxygen atoms in total. The molecule has 0 aromatic heterocycles. The number of thioether (sulfide) groups is 1. The Morgan fingerprint density at radius 1 is 1.47 bits per heavy atom. The predicted octanol–water partition coefficient (Wildman–Crippen LogP) is 2.89. The van der Waals surface area contributed by atoms with Crippen molar-refractivity contribution in [1.82, 2.24) is 0 Å². The predicted molar refractivity (Wildman–Crippen MR) is 67.1 cm³/mol. The lowest BCUT2D eigenvalue weighted by atomic mass is 10.3. The molecule has 1 aromatic rings. The minimum absolute atomic E-state index is 0.00880. The fraction of sp³-hybridized carbons (Fsp3) is 0.273. The van der Waals surface area contributed by atoms with E-state index in [0.717, 1.165) is 0 Å². The summed E-state index contributed by atoms with van der Waals surface area (Å²) >= 11 is 1.29. The number of benzene rings is 1. The van der Waals surface area contributed by atoms with Crippen LogP contribution in [-0.4, -0.2) is 24.9 Å². The number of hydrogen-bond donors (Lipinski definition) is 0. The van der Waals surface area contributed by atoms with Gasteiger partial charge in [0.25, 0.3) is 5.69 Å². The summed E-state index contributed by atoms with van der Waals surface area (Å²) in [7, 11) is 2.95. The lowest BCUT2D eigenvalue weighted by Crippen LogP contribution is -1.97. The average molecular weight is 255 g/mol. The van der Waals surface area contributed by atoms with Gasteiger partial charge in [0.15, 0.2) is 11.5 Å². The van der Waals surface area contributed by atoms with Crippen molar-refractivity contribution in [2.75, 3.05) is 20.0 Å². The summed E-state index contributed by atoms with van der Waals surface area (Å²) in [5.41, 5.74) is 0.00880. The molecule has 0 fully saturated rings. The summed E-state index contributed by atoms with van der Waals surface area (Å²) < 4.78 is 10.3. The molecule has 0 radical (unpaired) electrons. The van der Waals surface area contributed by atoms with Gasteiger partial charge in [-0.25, -0.2) is 0 Å². The van der Waals surface area contributed by atoms with Crippen LogP contribution in [0.4, 0.5) is 5.69 Å². The van der Waals surface area contributed by atoms with Crippen LogP contribution >= 0.6 is 11.8 Å². The molecular weight excluding hydrogens is 242 g/mol. The Balaban J connectivity index is 3.32. The van der Waals surface area contributed by atoms with E-state index < -0.39 is 4.92 Å². The van der Waals surface area contributed by atoms with Crippen LogP contribution in [0.25, 0.3) is 0 Å². The first-order valence-electron chi connectivity index (χ1n) is 4.78. The number of ether oxygens (including phenoxy) is 2. The van der Waals surface area contributed by atoms with E-state index in [1.54, 1.807) is 6.08 Å². The number of methoxy groups -OCH3 is 2. The van der Waals surface area contributed by atoms with Gasteiger partial charge < -0.3 is 9.47 Å². The SMILES string of the molecule is C=CCSc1c([N+](=O)[O-])ccc(OC)c1OC. The molecule has 0 N–H and O–H groups in total. The summed E-state index contributed by atoms with van der Waals surface area (Å²) in [5.74, 6) is 1.42. The van der Waals surface area contributed by atoms with Gasteiger partial charge in [-0.15, -0.1) is 18.3 Å². The number of hydrogen-bond acceptors (Lipinski definition) is 5. The molecule has 0 aliphatic heterocycles. The zero-order chi connectivity index (χ0) is 12.8. The van der Waals surface area contributed by atoms with Gasteiger partial charge in [-0.1, -0.05) is 6.08 Å². The van der Waals surface area contributed by atoms with Crippen molar-refractivity contribution in [2.45, 2.75) is 4.90 Å². The van der Waals surface area contributed by atoms with Crippen molar-refractivity contribution in [3.63, 3.8) is 0 Å². The van der Waals surface area contributed by atoms with Gasteiger partial charge in [-0.05, 0) is 6.07 Å². The molecule has 1 rings (SSSR count). The third-order valence-corrected chi connectivity index (χ3v) is 3.11. The summed E-state index contributed by atoms with van der Waals surface area (Å²) in [6.45, 7) is 3.59. The molecule has 92 valence electrons. The highest BCUT2D eigenvalue weighted by Crippen LogP contribution is 2.43. The van der Waals surface area contributed by atoms with Crippen LogP contribution in [0, 0.1) is 10.1 Å². The molecule has 0 aliphatic carbocycles. The van der Waals surface area contributed by atoms with Gasteiger partial charge in [0.05, 0.1) is 19.1 Å². The fourth-order valence-corrected chi connectivity index (χ4v) is 2.20. The first-order valence-corrected chi connectivity index (χ1v) is 5.77. The second kappa shape index (κ2) is 6.15. The first-order chi connectivity index (χ1) is 8.15. The van der Waals surface area contributed by atoms with Gasteiger partial charge in [-0.3, -0.25) is 10.1 Å². The molecule has 0 saturated heterocycles. The monoisotopic (exact) mass is 255 g/mol. The van der Waals surface area contributed by atoms with E-state index in [1.807, 2.05) is 0 Å². The maximum absolute atomic E-state index is 10.9. The highest BCUT2D eigenvalue weighted by atomic mass is 32.2. The highest BCUT2D eigenvalue weighted by Gasteiger charge is 2.22. The lowest BCUT2D eigenvalue weighted by molar-refractivity contribution is -0.387. The third-order valence-electron chi connectivity index (χ3n) is 2.02. The van der Waals surface area contributed by atoms with E-state index in [0.29, 0.717) is 22.1 Å². The first kappa shape index (κ1) is 13.4. The van der Waals surface area contributed by atoms with Crippen LogP contribution in [0.1, 0.15) is 0 Å². The van der Waals surface area contributed by atoms with Crippen molar-refractivity contribution < 1.29 is 14.4 Å². The van der Waals surface area contributed by atoms with E-state index in [9.17, 15) is 10.1 Å². The summed E-state index contributed by atoms with van der Waals surface area (Å²) in [5, 5.41) is 10.9. The summed E-state index contributed by atoms with van der Waals surface area (Å²) in [6, 6.07) is 2.93. The second-order valence-electron chi connectivity index (χ2n) is 3.01. The Morgan fingerprint density at radius 3 is 2.65 bits per heavy atom. The van der Waals surface area contributed by atoms with Crippen LogP contribution in [-0.2, 0) is 0 Å². The van der Waals surface area contributed by atoms with E-state index in [2.05, 4.69) is 6.58 Å². The van der Waals surface area contributed by atoms with Crippen molar-refractivity contribution in [1.29, 1.82) is 0 Å². The quantitative estimate of drug-likeness (QED) is 0.338. The molecule has 0 amide bonds. The number of rotatable bonds is 6. The standard InChI is InChI=1S/C11H13NO4S/c1-4-7-17-11-8(12(13)14)5-6-9(15-2)10(11)16-3/h4-6H,1,7H2,2-3H3. The Hall–Kier alpha value is -1.69. The van der Waals surface area contributed by atoms with Crippen molar-refractivity contribution >= 4 is 17.4 Å². The normalized spacial score (nSPS) is 9.76. The van der Waals surface area contributed by atoms with Crippen LogP contribution in [0.2, 0.25) is 0 Å². The molecule has 17 heavy (non-hydrogen) atoms. The van der Waals surface area contributed by atoms with Gasteiger partial charge in [0.2, 0.25) is 0 Å². The zero-order valence-corrected chi connectivity index (χ0v) is 10.5. The molecular formula is C11H13NO4S. The average Bonchev–Trinajstić information content (AvgIpc) is 2.34. The Morgan fingerprint density at radius 2 is 2.18 bits per heavy atom. The van der Waals surface area contributed by atoms with Gasteiger partial charge in [0.1, 0.15) is 4.90 Å². The van der Waals surface area contributed by atoms with Gasteiger partial charge in [-0.2, -0.15) is 0 Å². The molecule has 0 atom stereocenters. The molecule has 0 saturated carbocycles. The Kier molecular flexibility index (Phi) is 4.84. The summed E-state index contributed by atoms with van der Waals surface area (Å²) in [6.07, 6.45) is 1.67. The van der Waals surface area contributed by atoms with Crippen molar-refractivity contribution in [3.05, 3.63) is 34.9 Å². The largest absolute Gasteiger partial charge is 0.493 e. The maximum Gasteiger partial charge on any atom is 0.286 e. The smallest absolute Gasteiger partial charge is 0.286 e. The molecule has 0 unspecified atom stereocenters. The van der Waals surface area contributed by atoms with Gasteiger partial charge in [0, 0.05) is 11.8 Å². The molecule has 0 bridgehead atoms. The molecule has 0 heterocycles. The number of nitro benzene ring substituents is 1. The third kappa shape index (κ3) is 2.91. The van der Waals surface area contributed by atoms with Crippen molar-refractivity contribution in [3.8, 4) is 11.5 Å². The molecule has 6 heteroatoms. The Bertz CT molecular complexity index is 434. The van der Waals surface area contributed by atoms with Crippen LogP contribution in [0.5, 0.6) is 11.5 Å². The fourth-order valence-electron chi connectivity index (χ4n) is 1.31. The molecule has 0 spiro atoms. The minimum Gasteiger partial charge on any atom is -0.493 e. The topological polar surface area (TPSA) is 61.6 Å². The van der Waals surface area contributed by atoms with Crippen LogP contribution < -0.4 is 9.47 Å². The lowest BCUT2D eigenvalue weighted by Gasteiger charge is -2.11. The second-order valence-corrected chi connectivity index (χ2v) is 4.04. The van der Waals surface area contributed by atoms with Crippen LogP contribution in [0.15, 0.2) is 29.7 Å². The Labute approximate surface area is 104 Å². The molecule has 0 aliphatic rings. The van der Waals surface area contributed by atoms with Gasteiger partial charge >= 0.3 is 0 Å².